The zero-order valence-electron chi connectivity index (χ0n) is 11.4. The molecule has 0 saturated heterocycles. The number of benzene rings is 2. The molecule has 0 aromatic heterocycles. The predicted octanol–water partition coefficient (Wildman–Crippen LogP) is 4.41. The Balaban J connectivity index is 2.21. The van der Waals surface area contributed by atoms with Crippen LogP contribution >= 0.6 is 27.5 Å². The molecule has 1 unspecified atom stereocenters. The van der Waals surface area contributed by atoms with Gasteiger partial charge >= 0.3 is 0 Å². The Morgan fingerprint density at radius 3 is 2.40 bits per heavy atom. The minimum absolute atomic E-state index is 0.00697. The lowest BCUT2D eigenvalue weighted by molar-refractivity contribution is 0.552. The first-order chi connectivity index (χ1) is 9.63. The van der Waals surface area contributed by atoms with Gasteiger partial charge in [0.05, 0.1) is 6.04 Å². The molecular weight excluding hydrogens is 336 g/mol. The largest absolute Gasteiger partial charge is 0.271 e. The van der Waals surface area contributed by atoms with Gasteiger partial charge in [-0.05, 0) is 47.7 Å². The standard InChI is InChI=1S/C16H18BrClN2/c1-2-11-3-5-12(6-4-11)9-16(20-19)14-10-13(17)7-8-15(14)18/h3-8,10,16,20H,2,9,19H2,1H3. The minimum atomic E-state index is -0.00697. The van der Waals surface area contributed by atoms with Crippen LogP contribution in [0.3, 0.4) is 0 Å². The van der Waals surface area contributed by atoms with Crippen molar-refractivity contribution in [1.82, 2.24) is 5.43 Å². The van der Waals surface area contributed by atoms with Crippen LogP contribution in [0.25, 0.3) is 0 Å². The molecular formula is C16H18BrClN2. The third-order valence-electron chi connectivity index (χ3n) is 3.41. The van der Waals surface area contributed by atoms with Gasteiger partial charge in [-0.15, -0.1) is 0 Å². The van der Waals surface area contributed by atoms with E-state index < -0.39 is 0 Å². The molecule has 0 fully saturated rings. The van der Waals surface area contributed by atoms with E-state index in [1.165, 1.54) is 11.1 Å². The molecule has 0 aliphatic carbocycles. The van der Waals surface area contributed by atoms with Gasteiger partial charge in [0.15, 0.2) is 0 Å². The molecule has 3 N–H and O–H groups in total. The quantitative estimate of drug-likeness (QED) is 0.617. The van der Waals surface area contributed by atoms with Gasteiger partial charge in [-0.3, -0.25) is 11.3 Å². The van der Waals surface area contributed by atoms with Crippen LogP contribution in [0.4, 0.5) is 0 Å². The van der Waals surface area contributed by atoms with Crippen molar-refractivity contribution in [2.45, 2.75) is 25.8 Å². The van der Waals surface area contributed by atoms with E-state index in [0.29, 0.717) is 0 Å². The molecule has 0 radical (unpaired) electrons. The number of halogens is 2. The van der Waals surface area contributed by atoms with Crippen LogP contribution in [0.1, 0.15) is 29.7 Å². The monoisotopic (exact) mass is 352 g/mol. The zero-order chi connectivity index (χ0) is 14.5. The molecule has 2 aromatic rings. The van der Waals surface area contributed by atoms with Crippen molar-refractivity contribution < 1.29 is 0 Å². The molecule has 20 heavy (non-hydrogen) atoms. The Labute approximate surface area is 133 Å². The van der Waals surface area contributed by atoms with Crippen LogP contribution in [-0.4, -0.2) is 0 Å². The highest BCUT2D eigenvalue weighted by atomic mass is 79.9. The number of nitrogens with one attached hydrogen (secondary N) is 1. The molecule has 0 bridgehead atoms. The fraction of sp³-hybridized carbons (Fsp3) is 0.250. The summed E-state index contributed by atoms with van der Waals surface area (Å²) in [5, 5.41) is 0.723. The maximum absolute atomic E-state index is 6.27. The van der Waals surface area contributed by atoms with E-state index in [1.54, 1.807) is 0 Å². The first-order valence-corrected chi connectivity index (χ1v) is 7.80. The van der Waals surface area contributed by atoms with Gasteiger partial charge in [0, 0.05) is 9.50 Å². The van der Waals surface area contributed by atoms with Crippen molar-refractivity contribution in [2.75, 3.05) is 0 Å². The van der Waals surface area contributed by atoms with Gasteiger partial charge < -0.3 is 0 Å². The highest BCUT2D eigenvalue weighted by Gasteiger charge is 2.14. The molecule has 4 heteroatoms. The highest BCUT2D eigenvalue weighted by Crippen LogP contribution is 2.28. The molecule has 2 aromatic carbocycles. The van der Waals surface area contributed by atoms with Crippen LogP contribution in [0, 0.1) is 0 Å². The van der Waals surface area contributed by atoms with E-state index in [4.69, 9.17) is 17.4 Å². The Hall–Kier alpha value is -0.870. The Bertz CT molecular complexity index is 569. The van der Waals surface area contributed by atoms with Crippen molar-refractivity contribution in [3.63, 3.8) is 0 Å². The molecule has 1 atom stereocenters. The normalized spacial score (nSPS) is 12.4. The van der Waals surface area contributed by atoms with Gasteiger partial charge in [-0.1, -0.05) is 58.7 Å². The number of hydrogen-bond donors (Lipinski definition) is 2. The summed E-state index contributed by atoms with van der Waals surface area (Å²) in [5.41, 5.74) is 6.44. The second-order valence-corrected chi connectivity index (χ2v) is 6.08. The fourth-order valence-electron chi connectivity index (χ4n) is 2.19. The Kier molecular flexibility index (Phi) is 5.61. The first-order valence-electron chi connectivity index (χ1n) is 6.63. The maximum Gasteiger partial charge on any atom is 0.0515 e. The third kappa shape index (κ3) is 3.83. The molecule has 0 heterocycles. The van der Waals surface area contributed by atoms with Gasteiger partial charge in [-0.2, -0.15) is 0 Å². The topological polar surface area (TPSA) is 38.0 Å². The predicted molar refractivity (Wildman–Crippen MR) is 88.7 cm³/mol. The molecule has 0 spiro atoms. The van der Waals surface area contributed by atoms with E-state index in [1.807, 2.05) is 18.2 Å². The summed E-state index contributed by atoms with van der Waals surface area (Å²) < 4.78 is 0.999. The lowest BCUT2D eigenvalue weighted by atomic mass is 9.98. The number of rotatable bonds is 5. The van der Waals surface area contributed by atoms with E-state index in [2.05, 4.69) is 52.5 Å². The molecule has 2 rings (SSSR count). The summed E-state index contributed by atoms with van der Waals surface area (Å²) in [6.45, 7) is 2.15. The Morgan fingerprint density at radius 1 is 1.15 bits per heavy atom. The number of hydrazine groups is 1. The van der Waals surface area contributed by atoms with E-state index in [-0.39, 0.29) is 6.04 Å². The molecule has 0 saturated carbocycles. The van der Waals surface area contributed by atoms with Gasteiger partial charge in [-0.25, -0.2) is 0 Å². The van der Waals surface area contributed by atoms with Gasteiger partial charge in [0.1, 0.15) is 0 Å². The molecule has 0 aliphatic rings. The van der Waals surface area contributed by atoms with Crippen LogP contribution in [0.2, 0.25) is 5.02 Å². The summed E-state index contributed by atoms with van der Waals surface area (Å²) in [5.74, 6) is 5.70. The number of aryl methyl sites for hydroxylation is 1. The SMILES string of the molecule is CCc1ccc(CC(NN)c2cc(Br)ccc2Cl)cc1. The smallest absolute Gasteiger partial charge is 0.0515 e. The molecule has 106 valence electrons. The lowest BCUT2D eigenvalue weighted by Crippen LogP contribution is -2.29. The van der Waals surface area contributed by atoms with Crippen LogP contribution in [0.5, 0.6) is 0 Å². The minimum Gasteiger partial charge on any atom is -0.271 e. The van der Waals surface area contributed by atoms with Crippen molar-refractivity contribution in [3.8, 4) is 0 Å². The van der Waals surface area contributed by atoms with Crippen molar-refractivity contribution in [1.29, 1.82) is 0 Å². The second-order valence-electron chi connectivity index (χ2n) is 4.76. The van der Waals surface area contributed by atoms with Gasteiger partial charge in [0.25, 0.3) is 0 Å². The third-order valence-corrected chi connectivity index (χ3v) is 4.24. The van der Waals surface area contributed by atoms with Crippen molar-refractivity contribution in [2.24, 2.45) is 5.84 Å². The molecule has 2 nitrogen and oxygen atoms in total. The summed E-state index contributed by atoms with van der Waals surface area (Å²) in [7, 11) is 0. The summed E-state index contributed by atoms with van der Waals surface area (Å²) in [6.07, 6.45) is 1.85. The highest BCUT2D eigenvalue weighted by molar-refractivity contribution is 9.10. The van der Waals surface area contributed by atoms with E-state index in [0.717, 1.165) is 27.9 Å². The van der Waals surface area contributed by atoms with Gasteiger partial charge in [0.2, 0.25) is 0 Å². The summed E-state index contributed by atoms with van der Waals surface area (Å²) in [6, 6.07) is 14.4. The van der Waals surface area contributed by atoms with E-state index in [9.17, 15) is 0 Å². The second kappa shape index (κ2) is 7.23. The van der Waals surface area contributed by atoms with Crippen LogP contribution in [-0.2, 0) is 12.8 Å². The molecule has 0 amide bonds. The average Bonchev–Trinajstić information content (AvgIpc) is 2.48. The van der Waals surface area contributed by atoms with Crippen molar-refractivity contribution in [3.05, 3.63) is 68.7 Å². The first kappa shape index (κ1) is 15.5. The van der Waals surface area contributed by atoms with E-state index >= 15 is 0 Å². The maximum atomic E-state index is 6.27. The van der Waals surface area contributed by atoms with Crippen LogP contribution in [0.15, 0.2) is 46.9 Å². The number of nitrogens with two attached hydrogens (primary N) is 1. The fourth-order valence-corrected chi connectivity index (χ4v) is 2.82. The summed E-state index contributed by atoms with van der Waals surface area (Å²) in [4.78, 5) is 0. The summed E-state index contributed by atoms with van der Waals surface area (Å²) >= 11 is 9.74. The zero-order valence-corrected chi connectivity index (χ0v) is 13.7. The molecule has 0 aliphatic heterocycles. The average molecular weight is 354 g/mol. The lowest BCUT2D eigenvalue weighted by Gasteiger charge is -2.18. The van der Waals surface area contributed by atoms with Crippen molar-refractivity contribution >= 4 is 27.5 Å². The Morgan fingerprint density at radius 2 is 1.80 bits per heavy atom. The number of hydrogen-bond acceptors (Lipinski definition) is 2. The van der Waals surface area contributed by atoms with Crippen LogP contribution < -0.4 is 11.3 Å².